The van der Waals surface area contributed by atoms with Gasteiger partial charge in [0.1, 0.15) is 23.6 Å². The minimum atomic E-state index is -2.13. The third kappa shape index (κ3) is 8.60. The van der Waals surface area contributed by atoms with Gasteiger partial charge in [0.2, 0.25) is 11.5 Å². The summed E-state index contributed by atoms with van der Waals surface area (Å²) in [6.45, 7) is -0.187. The number of carbonyl (C=O) groups is 2. The van der Waals surface area contributed by atoms with Gasteiger partial charge in [-0.05, 0) is 61.1 Å². The molecule has 1 aliphatic carbocycles. The minimum absolute atomic E-state index is 0.0127. The van der Waals surface area contributed by atoms with E-state index >= 15 is 8.78 Å². The lowest BCUT2D eigenvalue weighted by atomic mass is 9.92. The van der Waals surface area contributed by atoms with Gasteiger partial charge in [0, 0.05) is 36.8 Å². The third-order valence-corrected chi connectivity index (χ3v) is 11.3. The van der Waals surface area contributed by atoms with Crippen molar-refractivity contribution in [3.05, 3.63) is 136 Å². The Labute approximate surface area is 343 Å². The lowest BCUT2D eigenvalue weighted by molar-refractivity contribution is -0.380. The van der Waals surface area contributed by atoms with Gasteiger partial charge in [-0.2, -0.15) is 0 Å². The van der Waals surface area contributed by atoms with Gasteiger partial charge in [-0.15, -0.1) is 0 Å². The summed E-state index contributed by atoms with van der Waals surface area (Å²) >= 11 is 0. The zero-order valence-electron chi connectivity index (χ0n) is 32.1. The van der Waals surface area contributed by atoms with E-state index < -0.39 is 61.1 Å². The van der Waals surface area contributed by atoms with Crippen molar-refractivity contribution in [3.8, 4) is 5.75 Å². The zero-order chi connectivity index (χ0) is 42.0. The fourth-order valence-corrected chi connectivity index (χ4v) is 7.80. The van der Waals surface area contributed by atoms with Crippen LogP contribution in [0.15, 0.2) is 102 Å². The van der Waals surface area contributed by atoms with Crippen LogP contribution in [0.4, 0.5) is 25.0 Å². The van der Waals surface area contributed by atoms with E-state index in [2.05, 4.69) is 0 Å². The van der Waals surface area contributed by atoms with Crippen LogP contribution in [0.5, 0.6) is 5.75 Å². The number of aromatic nitrogens is 1. The summed E-state index contributed by atoms with van der Waals surface area (Å²) in [5.74, 6) is -5.20. The van der Waals surface area contributed by atoms with Gasteiger partial charge in [-0.3, -0.25) is 9.69 Å². The number of pyridine rings is 1. The quantitative estimate of drug-likeness (QED) is 0.0750. The number of carbonyl (C=O) groups excluding carboxylic acids is 1. The SMILES string of the molecule is O=POC(OCc1ccccc1)(OCc1ccccc1)[C@H]1CN(c2ccc(OCC3(O)CCN(c4cc5c(cc4F)c(=O)c(C(=O)O)cn5C4CC4)CC3)c(F)c2)C(=O)O1. The topological polar surface area (TPSA) is 166 Å². The highest BCUT2D eigenvalue weighted by Crippen LogP contribution is 2.40. The van der Waals surface area contributed by atoms with Crippen LogP contribution in [-0.4, -0.2) is 70.8 Å². The van der Waals surface area contributed by atoms with E-state index in [9.17, 15) is 29.2 Å². The average Bonchev–Trinajstić information content (AvgIpc) is 4.02. The van der Waals surface area contributed by atoms with Crippen molar-refractivity contribution in [3.63, 3.8) is 0 Å². The molecule has 3 fully saturated rings. The first-order chi connectivity index (χ1) is 29.0. The molecule has 1 saturated carbocycles. The summed E-state index contributed by atoms with van der Waals surface area (Å²) in [6, 6.07) is 24.6. The fraction of sp³-hybridized carbons (Fsp3) is 0.326. The van der Waals surface area contributed by atoms with E-state index in [1.165, 1.54) is 18.3 Å². The monoisotopic (exact) mass is 843 g/mol. The summed E-state index contributed by atoms with van der Waals surface area (Å²) < 4.78 is 73.9. The maximum Gasteiger partial charge on any atom is 0.415 e. The van der Waals surface area contributed by atoms with Crippen LogP contribution >= 0.6 is 8.69 Å². The van der Waals surface area contributed by atoms with Crippen molar-refractivity contribution in [2.24, 2.45) is 0 Å². The van der Waals surface area contributed by atoms with E-state index in [1.54, 1.807) is 15.5 Å². The van der Waals surface area contributed by atoms with E-state index in [1.807, 2.05) is 60.7 Å². The summed E-state index contributed by atoms with van der Waals surface area (Å²) in [5, 5.41) is 21.0. The molecule has 0 spiro atoms. The van der Waals surface area contributed by atoms with Gasteiger partial charge in [0.15, 0.2) is 11.6 Å². The fourth-order valence-electron chi connectivity index (χ4n) is 7.47. The molecule has 1 aromatic heterocycles. The Morgan fingerprint density at radius 3 is 2.13 bits per heavy atom. The van der Waals surface area contributed by atoms with Gasteiger partial charge in [-0.25, -0.2) is 27.5 Å². The Kier molecular flexibility index (Phi) is 11.7. The van der Waals surface area contributed by atoms with Crippen LogP contribution in [0.2, 0.25) is 0 Å². The van der Waals surface area contributed by atoms with Crippen LogP contribution in [0, 0.1) is 11.6 Å². The van der Waals surface area contributed by atoms with Crippen molar-refractivity contribution < 1.29 is 56.6 Å². The molecule has 17 heteroatoms. The highest BCUT2D eigenvalue weighted by atomic mass is 31.1. The van der Waals surface area contributed by atoms with Gasteiger partial charge >= 0.3 is 26.7 Å². The van der Waals surface area contributed by atoms with Crippen LogP contribution < -0.4 is 20.0 Å². The lowest BCUT2D eigenvalue weighted by Gasteiger charge is -2.39. The second-order valence-electron chi connectivity index (χ2n) is 15.1. The molecule has 0 unspecified atom stereocenters. The predicted molar refractivity (Wildman–Crippen MR) is 213 cm³/mol. The lowest BCUT2D eigenvalue weighted by Crippen LogP contribution is -2.50. The number of anilines is 2. The van der Waals surface area contributed by atoms with E-state index in [4.69, 9.17) is 23.5 Å². The maximum absolute atomic E-state index is 15.6. The molecule has 1 atom stereocenters. The summed E-state index contributed by atoms with van der Waals surface area (Å²) in [5.41, 5.74) is -0.314. The van der Waals surface area contributed by atoms with Gasteiger partial charge in [0.05, 0.1) is 36.6 Å². The smallest absolute Gasteiger partial charge is 0.415 e. The molecule has 3 aliphatic rings. The number of aromatic carboxylic acids is 1. The molecule has 60 heavy (non-hydrogen) atoms. The van der Waals surface area contributed by atoms with E-state index in [0.29, 0.717) is 5.52 Å². The number of benzene rings is 4. The van der Waals surface area contributed by atoms with Gasteiger partial charge in [-0.1, -0.05) is 60.7 Å². The molecular weight excluding hydrogens is 803 g/mol. The highest BCUT2D eigenvalue weighted by Gasteiger charge is 2.52. The number of carboxylic acid groups (broad SMARTS) is 1. The Morgan fingerprint density at radius 1 is 0.900 bits per heavy atom. The standard InChI is InChI=1S/C43H40F2N3O11P/c44-33-20-31-35(47(29-11-12-29)22-32(39(31)49)40(50)51)21-36(33)46-17-15-42(53,16-18-46)26-55-37-14-13-30(19-34(37)45)48-23-38(58-41(48)52)43(59-60-54,56-24-27-7-3-1-4-8-27)57-25-28-9-5-2-6-10-28/h1-10,13-14,19-22,29,38,53H,11-12,15-18,23-26H2,(H,50,51)/t38-/m1/s1. The number of ether oxygens (including phenoxy) is 4. The second-order valence-corrected chi connectivity index (χ2v) is 15.4. The normalized spacial score (nSPS) is 17.9. The Bertz CT molecular complexity index is 2420. The molecule has 14 nitrogen and oxygen atoms in total. The van der Waals surface area contributed by atoms with Crippen LogP contribution in [-0.2, 0) is 36.5 Å². The average molecular weight is 844 g/mol. The van der Waals surface area contributed by atoms with Crippen molar-refractivity contribution in [1.29, 1.82) is 0 Å². The van der Waals surface area contributed by atoms with E-state index in [-0.39, 0.29) is 80.8 Å². The number of aliphatic hydroxyl groups is 1. The zero-order valence-corrected chi connectivity index (χ0v) is 33.0. The molecule has 8 rings (SSSR count). The first-order valence-corrected chi connectivity index (χ1v) is 20.0. The molecule has 2 N–H and O–H groups in total. The molecule has 2 aliphatic heterocycles. The summed E-state index contributed by atoms with van der Waals surface area (Å²) in [6.07, 6.45) is 1.09. The van der Waals surface area contributed by atoms with Crippen molar-refractivity contribution in [2.45, 2.75) is 62.6 Å². The number of hydrogen-bond acceptors (Lipinski definition) is 11. The number of halogens is 2. The van der Waals surface area contributed by atoms with Crippen molar-refractivity contribution in [2.75, 3.05) is 36.0 Å². The first kappa shape index (κ1) is 41.0. The Hall–Kier alpha value is -5.77. The molecule has 2 saturated heterocycles. The third-order valence-electron chi connectivity index (χ3n) is 11.0. The number of cyclic esters (lactones) is 1. The number of rotatable bonds is 16. The van der Waals surface area contributed by atoms with Gasteiger partial charge < -0.3 is 38.6 Å². The number of fused-ring (bicyclic) bond motifs is 1. The molecule has 4 aromatic carbocycles. The number of nitrogens with zero attached hydrogens (tertiary/aromatic N) is 3. The Balaban J connectivity index is 0.929. The van der Waals surface area contributed by atoms with Crippen LogP contribution in [0.1, 0.15) is 53.2 Å². The molecule has 0 radical (unpaired) electrons. The number of amides is 1. The molecular formula is C43H40F2N3O11P. The second kappa shape index (κ2) is 17.1. The molecule has 1 amide bonds. The largest absolute Gasteiger partial charge is 0.488 e. The molecule has 5 aromatic rings. The predicted octanol–water partition coefficient (Wildman–Crippen LogP) is 7.36. The number of piperidine rings is 1. The minimum Gasteiger partial charge on any atom is -0.488 e. The van der Waals surface area contributed by atoms with Crippen molar-refractivity contribution >= 4 is 43.0 Å². The molecule has 312 valence electrons. The van der Waals surface area contributed by atoms with Crippen LogP contribution in [0.3, 0.4) is 0 Å². The summed E-state index contributed by atoms with van der Waals surface area (Å²) in [7, 11) is -0.808. The van der Waals surface area contributed by atoms with E-state index in [0.717, 1.165) is 41.0 Å². The van der Waals surface area contributed by atoms with Crippen LogP contribution in [0.25, 0.3) is 10.9 Å². The van der Waals surface area contributed by atoms with Crippen molar-refractivity contribution in [1.82, 2.24) is 4.57 Å². The van der Waals surface area contributed by atoms with Gasteiger partial charge in [0.25, 0.3) is 0 Å². The Morgan fingerprint density at radius 2 is 1.55 bits per heavy atom. The number of carboxylic acids is 1. The highest BCUT2D eigenvalue weighted by molar-refractivity contribution is 7.17. The molecule has 3 heterocycles. The number of hydrogen-bond donors (Lipinski definition) is 2. The first-order valence-electron chi connectivity index (χ1n) is 19.3. The summed E-state index contributed by atoms with van der Waals surface area (Å²) in [4.78, 5) is 40.8. The molecule has 0 bridgehead atoms. The maximum atomic E-state index is 15.6.